The number of aliphatic hydroxyl groups excluding tert-OH is 1. The molecular weight excluding hydrogens is 312 g/mol. The maximum Gasteiger partial charge on any atom is 0.144 e. The zero-order chi connectivity index (χ0) is 17.6. The molecule has 1 aromatic heterocycles. The van der Waals surface area contributed by atoms with Crippen molar-refractivity contribution in [2.75, 3.05) is 18.5 Å². The van der Waals surface area contributed by atoms with Gasteiger partial charge in [-0.3, -0.25) is 4.90 Å². The summed E-state index contributed by atoms with van der Waals surface area (Å²) in [6.07, 6.45) is 2.21. The number of hydrogen-bond acceptors (Lipinski definition) is 5. The molecule has 25 heavy (non-hydrogen) atoms. The van der Waals surface area contributed by atoms with Crippen LogP contribution < -0.4 is 5.32 Å². The molecule has 1 saturated heterocycles. The van der Waals surface area contributed by atoms with Crippen molar-refractivity contribution >= 4 is 5.82 Å². The number of anilines is 1. The number of nitrogens with one attached hydrogen (secondary N) is 1. The first-order valence-electron chi connectivity index (χ1n) is 8.74. The Morgan fingerprint density at radius 2 is 2.08 bits per heavy atom. The van der Waals surface area contributed by atoms with Gasteiger partial charge in [0.25, 0.3) is 0 Å². The third-order valence-electron chi connectivity index (χ3n) is 4.80. The van der Waals surface area contributed by atoms with E-state index >= 15 is 0 Å². The highest BCUT2D eigenvalue weighted by atomic mass is 16.3. The summed E-state index contributed by atoms with van der Waals surface area (Å²) >= 11 is 0. The second kappa shape index (κ2) is 8.11. The Kier molecular flexibility index (Phi) is 5.64. The van der Waals surface area contributed by atoms with Gasteiger partial charge in [0.05, 0.1) is 12.2 Å². The number of aliphatic hydroxyl groups is 1. The Morgan fingerprint density at radius 3 is 2.84 bits per heavy atom. The van der Waals surface area contributed by atoms with Crippen molar-refractivity contribution in [3.05, 3.63) is 58.8 Å². The maximum absolute atomic E-state index is 9.53. The molecule has 2 heterocycles. The van der Waals surface area contributed by atoms with Crippen LogP contribution in [0.15, 0.2) is 36.4 Å². The van der Waals surface area contributed by atoms with Crippen molar-refractivity contribution in [3.63, 3.8) is 0 Å². The Morgan fingerprint density at radius 1 is 1.28 bits per heavy atom. The van der Waals surface area contributed by atoms with E-state index in [1.807, 2.05) is 19.1 Å². The summed E-state index contributed by atoms with van der Waals surface area (Å²) < 4.78 is 0. The molecule has 5 heteroatoms. The maximum atomic E-state index is 9.53. The molecule has 1 aliphatic rings. The van der Waals surface area contributed by atoms with Gasteiger partial charge in [-0.05, 0) is 49.6 Å². The fourth-order valence-electron chi connectivity index (χ4n) is 3.37. The molecule has 0 spiro atoms. The normalized spacial score (nSPS) is 17.4. The van der Waals surface area contributed by atoms with E-state index in [1.165, 1.54) is 11.1 Å². The van der Waals surface area contributed by atoms with E-state index in [4.69, 9.17) is 0 Å². The molecule has 1 aliphatic heterocycles. The number of aromatic nitrogens is 1. The van der Waals surface area contributed by atoms with Gasteiger partial charge in [-0.15, -0.1) is 0 Å². The monoisotopic (exact) mass is 336 g/mol. The van der Waals surface area contributed by atoms with Crippen LogP contribution in [0.5, 0.6) is 0 Å². The van der Waals surface area contributed by atoms with E-state index in [9.17, 15) is 10.4 Å². The average Bonchev–Trinajstić information content (AvgIpc) is 3.08. The van der Waals surface area contributed by atoms with Gasteiger partial charge in [-0.2, -0.15) is 5.26 Å². The Labute approximate surface area is 148 Å². The first kappa shape index (κ1) is 17.4. The second-order valence-corrected chi connectivity index (χ2v) is 6.53. The van der Waals surface area contributed by atoms with E-state index < -0.39 is 0 Å². The molecular formula is C20H24N4O. The van der Waals surface area contributed by atoms with Crippen LogP contribution in [0.25, 0.3) is 0 Å². The summed E-state index contributed by atoms with van der Waals surface area (Å²) in [5.41, 5.74) is 3.89. The van der Waals surface area contributed by atoms with Gasteiger partial charge in [0, 0.05) is 24.8 Å². The van der Waals surface area contributed by atoms with Crippen LogP contribution in [0.2, 0.25) is 0 Å². The Balaban J connectivity index is 1.73. The van der Waals surface area contributed by atoms with Crippen molar-refractivity contribution < 1.29 is 5.11 Å². The van der Waals surface area contributed by atoms with Crippen LogP contribution in [-0.2, 0) is 13.1 Å². The van der Waals surface area contributed by atoms with Crippen molar-refractivity contribution in [2.45, 2.75) is 38.9 Å². The van der Waals surface area contributed by atoms with Crippen molar-refractivity contribution in [1.82, 2.24) is 9.88 Å². The lowest BCUT2D eigenvalue weighted by Gasteiger charge is -2.24. The van der Waals surface area contributed by atoms with Crippen molar-refractivity contribution in [3.8, 4) is 6.07 Å². The van der Waals surface area contributed by atoms with Crippen LogP contribution >= 0.6 is 0 Å². The van der Waals surface area contributed by atoms with Crippen LogP contribution in [-0.4, -0.2) is 34.2 Å². The molecule has 3 rings (SSSR count). The van der Waals surface area contributed by atoms with Gasteiger partial charge in [-0.1, -0.05) is 24.3 Å². The largest absolute Gasteiger partial charge is 0.395 e. The number of hydrogen-bond donors (Lipinski definition) is 2. The molecule has 0 unspecified atom stereocenters. The second-order valence-electron chi connectivity index (χ2n) is 6.53. The highest BCUT2D eigenvalue weighted by Crippen LogP contribution is 2.22. The summed E-state index contributed by atoms with van der Waals surface area (Å²) in [5.74, 6) is 0.631. The number of nitrogens with zero attached hydrogens (tertiary/aromatic N) is 3. The lowest BCUT2D eigenvalue weighted by atomic mass is 10.1. The lowest BCUT2D eigenvalue weighted by molar-refractivity contribution is 0.153. The van der Waals surface area contributed by atoms with Crippen LogP contribution in [0.3, 0.4) is 0 Å². The predicted octanol–water partition coefficient (Wildman–Crippen LogP) is 2.83. The first-order chi connectivity index (χ1) is 12.2. The summed E-state index contributed by atoms with van der Waals surface area (Å²) in [6, 6.07) is 14.4. The third kappa shape index (κ3) is 4.16. The fraction of sp³-hybridized carbons (Fsp3) is 0.400. The number of benzene rings is 1. The molecule has 0 amide bonds. The molecule has 0 aliphatic carbocycles. The number of likely N-dealkylation sites (tertiary alicyclic amines) is 1. The minimum Gasteiger partial charge on any atom is -0.395 e. The SMILES string of the molecule is Cc1ccc(C#N)c(NCc2ccccc2CN2CCC[C@H]2CO)n1. The molecule has 1 fully saturated rings. The zero-order valence-electron chi connectivity index (χ0n) is 14.6. The highest BCUT2D eigenvalue weighted by Gasteiger charge is 2.24. The minimum absolute atomic E-state index is 0.221. The van der Waals surface area contributed by atoms with Crippen molar-refractivity contribution in [2.24, 2.45) is 0 Å². The Bertz CT molecular complexity index is 769. The molecule has 1 aromatic carbocycles. The highest BCUT2D eigenvalue weighted by molar-refractivity contribution is 5.52. The first-order valence-corrected chi connectivity index (χ1v) is 8.74. The van der Waals surface area contributed by atoms with Crippen LogP contribution in [0.4, 0.5) is 5.82 Å². The molecule has 2 N–H and O–H groups in total. The summed E-state index contributed by atoms with van der Waals surface area (Å²) in [5, 5.41) is 22.1. The Hall–Kier alpha value is -2.42. The van der Waals surface area contributed by atoms with Gasteiger partial charge >= 0.3 is 0 Å². The fourth-order valence-corrected chi connectivity index (χ4v) is 3.37. The minimum atomic E-state index is 0.221. The zero-order valence-corrected chi connectivity index (χ0v) is 14.6. The van der Waals surface area contributed by atoms with E-state index in [0.717, 1.165) is 31.6 Å². The molecule has 130 valence electrons. The number of pyridine rings is 1. The van der Waals surface area contributed by atoms with E-state index in [2.05, 4.69) is 39.5 Å². The molecule has 5 nitrogen and oxygen atoms in total. The van der Waals surface area contributed by atoms with E-state index in [1.54, 1.807) is 6.07 Å². The van der Waals surface area contributed by atoms with Gasteiger partial charge in [0.1, 0.15) is 11.9 Å². The van der Waals surface area contributed by atoms with E-state index in [-0.39, 0.29) is 12.6 Å². The lowest BCUT2D eigenvalue weighted by Crippen LogP contribution is -2.32. The molecule has 2 aromatic rings. The van der Waals surface area contributed by atoms with Gasteiger partial charge in [0.15, 0.2) is 0 Å². The van der Waals surface area contributed by atoms with Gasteiger partial charge in [-0.25, -0.2) is 4.98 Å². The standard InChI is InChI=1S/C20H24N4O/c1-15-8-9-16(11-21)20(23-15)22-12-17-5-2-3-6-18(17)13-24-10-4-7-19(24)14-25/h2-3,5-6,8-9,19,25H,4,7,10,12-14H2,1H3,(H,22,23)/t19-/m0/s1. The smallest absolute Gasteiger partial charge is 0.144 e. The molecule has 1 atom stereocenters. The summed E-state index contributed by atoms with van der Waals surface area (Å²) in [6.45, 7) is 4.64. The van der Waals surface area contributed by atoms with Gasteiger partial charge < -0.3 is 10.4 Å². The molecule has 0 radical (unpaired) electrons. The number of rotatable bonds is 6. The average molecular weight is 336 g/mol. The van der Waals surface area contributed by atoms with Crippen LogP contribution in [0, 0.1) is 18.3 Å². The van der Waals surface area contributed by atoms with Crippen LogP contribution in [0.1, 0.15) is 35.2 Å². The predicted molar refractivity (Wildman–Crippen MR) is 98.0 cm³/mol. The third-order valence-corrected chi connectivity index (χ3v) is 4.80. The quantitative estimate of drug-likeness (QED) is 0.849. The van der Waals surface area contributed by atoms with Crippen molar-refractivity contribution in [1.29, 1.82) is 5.26 Å². The van der Waals surface area contributed by atoms with E-state index in [0.29, 0.717) is 17.9 Å². The summed E-state index contributed by atoms with van der Waals surface area (Å²) in [7, 11) is 0. The topological polar surface area (TPSA) is 72.2 Å². The number of nitriles is 1. The number of aryl methyl sites for hydroxylation is 1. The molecule has 0 bridgehead atoms. The summed E-state index contributed by atoms with van der Waals surface area (Å²) in [4.78, 5) is 6.79. The molecule has 0 saturated carbocycles. The van der Waals surface area contributed by atoms with Gasteiger partial charge in [0.2, 0.25) is 0 Å².